The summed E-state index contributed by atoms with van der Waals surface area (Å²) in [6.07, 6.45) is 0. The summed E-state index contributed by atoms with van der Waals surface area (Å²) in [7, 11) is 0. The quantitative estimate of drug-likeness (QED) is 0.743. The van der Waals surface area contributed by atoms with Gasteiger partial charge in [-0.1, -0.05) is 18.2 Å². The number of thiazole rings is 1. The van der Waals surface area contributed by atoms with Crippen molar-refractivity contribution < 1.29 is 4.74 Å². The normalized spacial score (nSPS) is 10.7. The van der Waals surface area contributed by atoms with E-state index in [0.717, 1.165) is 33.1 Å². The van der Waals surface area contributed by atoms with Gasteiger partial charge in [0.1, 0.15) is 10.8 Å². The van der Waals surface area contributed by atoms with Crippen molar-refractivity contribution in [1.29, 1.82) is 0 Å². The number of aryl methyl sites for hydroxylation is 1. The molecule has 3 nitrogen and oxygen atoms in total. The Balaban J connectivity index is 1.94. The number of aromatic nitrogens is 1. The zero-order chi connectivity index (χ0) is 16.2. The Morgan fingerprint density at radius 1 is 1.09 bits per heavy atom. The van der Waals surface area contributed by atoms with Crippen molar-refractivity contribution in [3.05, 3.63) is 59.0 Å². The molecule has 4 heteroatoms. The molecule has 0 saturated carbocycles. The van der Waals surface area contributed by atoms with Gasteiger partial charge in [-0.05, 0) is 49.7 Å². The van der Waals surface area contributed by atoms with E-state index >= 15 is 0 Å². The molecule has 0 spiro atoms. The molecule has 0 saturated heterocycles. The van der Waals surface area contributed by atoms with Gasteiger partial charge in [-0.2, -0.15) is 0 Å². The van der Waals surface area contributed by atoms with Crippen molar-refractivity contribution in [1.82, 2.24) is 4.98 Å². The van der Waals surface area contributed by atoms with Gasteiger partial charge in [0.15, 0.2) is 0 Å². The van der Waals surface area contributed by atoms with Crippen LogP contribution < -0.4 is 10.5 Å². The Labute approximate surface area is 140 Å². The summed E-state index contributed by atoms with van der Waals surface area (Å²) in [4.78, 5) is 6.05. The third-order valence-corrected chi connectivity index (χ3v) is 4.66. The van der Waals surface area contributed by atoms with Crippen LogP contribution >= 0.6 is 11.3 Å². The third-order valence-electron chi connectivity index (χ3n) is 3.64. The zero-order valence-corrected chi connectivity index (χ0v) is 14.2. The van der Waals surface area contributed by atoms with Crippen molar-refractivity contribution in [2.45, 2.75) is 20.4 Å². The fraction of sp³-hybridized carbons (Fsp3) is 0.211. The van der Waals surface area contributed by atoms with Crippen LogP contribution in [-0.2, 0) is 6.54 Å². The third kappa shape index (κ3) is 3.44. The fourth-order valence-corrected chi connectivity index (χ4v) is 3.43. The van der Waals surface area contributed by atoms with Crippen LogP contribution in [0.25, 0.3) is 21.8 Å². The molecule has 2 N–H and O–H groups in total. The van der Waals surface area contributed by atoms with Crippen molar-refractivity contribution in [3.8, 4) is 27.6 Å². The van der Waals surface area contributed by atoms with Crippen molar-refractivity contribution in [3.63, 3.8) is 0 Å². The Morgan fingerprint density at radius 3 is 2.57 bits per heavy atom. The highest BCUT2D eigenvalue weighted by atomic mass is 32.1. The minimum atomic E-state index is 0.546. The molecular formula is C19H20N2OS. The number of nitrogens with zero attached hydrogens (tertiary/aromatic N) is 1. The summed E-state index contributed by atoms with van der Waals surface area (Å²) < 4.78 is 5.50. The van der Waals surface area contributed by atoms with Gasteiger partial charge in [-0.25, -0.2) is 4.98 Å². The molecule has 0 fully saturated rings. The van der Waals surface area contributed by atoms with E-state index in [0.29, 0.717) is 13.2 Å². The highest BCUT2D eigenvalue weighted by Crippen LogP contribution is 2.34. The molecule has 118 valence electrons. The lowest BCUT2D eigenvalue weighted by Gasteiger charge is -2.04. The largest absolute Gasteiger partial charge is 0.494 e. The molecule has 0 aliphatic rings. The first-order valence-corrected chi connectivity index (χ1v) is 8.53. The lowest BCUT2D eigenvalue weighted by Crippen LogP contribution is -1.95. The standard InChI is InChI=1S/C19H20N2OS/c1-3-22-17-9-7-15(8-10-17)18-13(2)23-19(21-18)16-6-4-5-14(11-16)12-20/h4-11H,3,12,20H2,1-2H3. The van der Waals surface area contributed by atoms with Crippen LogP contribution in [0.1, 0.15) is 17.4 Å². The minimum absolute atomic E-state index is 0.546. The maximum atomic E-state index is 5.73. The molecular weight excluding hydrogens is 304 g/mol. The van der Waals surface area contributed by atoms with Gasteiger partial charge in [0.25, 0.3) is 0 Å². The number of hydrogen-bond donors (Lipinski definition) is 1. The smallest absolute Gasteiger partial charge is 0.124 e. The maximum Gasteiger partial charge on any atom is 0.124 e. The van der Waals surface area contributed by atoms with E-state index < -0.39 is 0 Å². The maximum absolute atomic E-state index is 5.73. The Hall–Kier alpha value is -2.17. The highest BCUT2D eigenvalue weighted by Gasteiger charge is 2.11. The molecule has 23 heavy (non-hydrogen) atoms. The Kier molecular flexibility index (Phi) is 4.74. The molecule has 0 unspecified atom stereocenters. The second-order valence-electron chi connectivity index (χ2n) is 5.29. The highest BCUT2D eigenvalue weighted by molar-refractivity contribution is 7.15. The van der Waals surface area contributed by atoms with E-state index in [1.54, 1.807) is 11.3 Å². The molecule has 0 aliphatic heterocycles. The molecule has 3 rings (SSSR count). The second kappa shape index (κ2) is 6.94. The lowest BCUT2D eigenvalue weighted by atomic mass is 10.1. The average molecular weight is 324 g/mol. The Morgan fingerprint density at radius 2 is 1.87 bits per heavy atom. The first-order valence-electron chi connectivity index (χ1n) is 7.71. The number of ether oxygens (including phenoxy) is 1. The second-order valence-corrected chi connectivity index (χ2v) is 6.49. The van der Waals surface area contributed by atoms with E-state index in [2.05, 4.69) is 31.2 Å². The van der Waals surface area contributed by atoms with Crippen LogP contribution in [-0.4, -0.2) is 11.6 Å². The molecule has 0 bridgehead atoms. The van der Waals surface area contributed by atoms with Gasteiger partial charge in [-0.3, -0.25) is 0 Å². The van der Waals surface area contributed by atoms with Crippen molar-refractivity contribution >= 4 is 11.3 Å². The molecule has 1 aromatic heterocycles. The van der Waals surface area contributed by atoms with Gasteiger partial charge in [0, 0.05) is 22.5 Å². The number of nitrogens with two attached hydrogens (primary N) is 1. The molecule has 0 amide bonds. The minimum Gasteiger partial charge on any atom is -0.494 e. The molecule has 3 aromatic rings. The van der Waals surface area contributed by atoms with Gasteiger partial charge < -0.3 is 10.5 Å². The Bertz CT molecular complexity index is 793. The fourth-order valence-electron chi connectivity index (χ4n) is 2.49. The van der Waals surface area contributed by atoms with Crippen LogP contribution in [0.5, 0.6) is 5.75 Å². The number of benzene rings is 2. The van der Waals surface area contributed by atoms with Crippen LogP contribution in [0.3, 0.4) is 0 Å². The molecule has 0 atom stereocenters. The molecule has 0 radical (unpaired) electrons. The van der Waals surface area contributed by atoms with Crippen LogP contribution in [0.4, 0.5) is 0 Å². The predicted octanol–water partition coefficient (Wildman–Crippen LogP) is 4.64. The first-order chi connectivity index (χ1) is 11.2. The van der Waals surface area contributed by atoms with Gasteiger partial charge in [0.05, 0.1) is 12.3 Å². The summed E-state index contributed by atoms with van der Waals surface area (Å²) in [5.74, 6) is 0.889. The van der Waals surface area contributed by atoms with E-state index in [9.17, 15) is 0 Å². The predicted molar refractivity (Wildman–Crippen MR) is 96.8 cm³/mol. The number of hydrogen-bond acceptors (Lipinski definition) is 4. The van der Waals surface area contributed by atoms with Gasteiger partial charge >= 0.3 is 0 Å². The lowest BCUT2D eigenvalue weighted by molar-refractivity contribution is 0.340. The summed E-state index contributed by atoms with van der Waals surface area (Å²) in [6.45, 7) is 5.32. The first kappa shape index (κ1) is 15.7. The van der Waals surface area contributed by atoms with Crippen molar-refractivity contribution in [2.75, 3.05) is 6.61 Å². The zero-order valence-electron chi connectivity index (χ0n) is 13.4. The van der Waals surface area contributed by atoms with Crippen LogP contribution in [0.2, 0.25) is 0 Å². The SMILES string of the molecule is CCOc1ccc(-c2nc(-c3cccc(CN)c3)sc2C)cc1. The monoisotopic (exact) mass is 324 g/mol. The summed E-state index contributed by atoms with van der Waals surface area (Å²) >= 11 is 1.71. The molecule has 2 aromatic carbocycles. The van der Waals surface area contributed by atoms with Crippen molar-refractivity contribution in [2.24, 2.45) is 5.73 Å². The van der Waals surface area contributed by atoms with Crippen LogP contribution in [0, 0.1) is 6.92 Å². The summed E-state index contributed by atoms with van der Waals surface area (Å²) in [5.41, 5.74) is 10.1. The van der Waals surface area contributed by atoms with E-state index in [1.807, 2.05) is 31.2 Å². The van der Waals surface area contributed by atoms with E-state index in [1.165, 1.54) is 4.88 Å². The number of rotatable bonds is 5. The van der Waals surface area contributed by atoms with Gasteiger partial charge in [-0.15, -0.1) is 11.3 Å². The van der Waals surface area contributed by atoms with E-state index in [-0.39, 0.29) is 0 Å². The van der Waals surface area contributed by atoms with Gasteiger partial charge in [0.2, 0.25) is 0 Å². The van der Waals surface area contributed by atoms with Crippen LogP contribution in [0.15, 0.2) is 48.5 Å². The molecule has 0 aliphatic carbocycles. The molecule has 1 heterocycles. The average Bonchev–Trinajstić information content (AvgIpc) is 2.98. The summed E-state index contributed by atoms with van der Waals surface area (Å²) in [6, 6.07) is 16.4. The topological polar surface area (TPSA) is 48.1 Å². The summed E-state index contributed by atoms with van der Waals surface area (Å²) in [5, 5.41) is 1.03. The van der Waals surface area contributed by atoms with E-state index in [4.69, 9.17) is 15.5 Å².